The highest BCUT2D eigenvalue weighted by molar-refractivity contribution is 6.30. The second-order valence-electron chi connectivity index (χ2n) is 5.17. The third kappa shape index (κ3) is 4.88. The van der Waals surface area contributed by atoms with E-state index in [0.717, 1.165) is 16.8 Å². The number of amides is 1. The van der Waals surface area contributed by atoms with Gasteiger partial charge in [0.1, 0.15) is 0 Å². The molecule has 2 aromatic rings. The minimum absolute atomic E-state index is 0.0196. The Labute approximate surface area is 130 Å². The van der Waals surface area contributed by atoms with Gasteiger partial charge in [0.15, 0.2) is 0 Å². The van der Waals surface area contributed by atoms with E-state index in [9.17, 15) is 4.79 Å². The highest BCUT2D eigenvalue weighted by Gasteiger charge is 2.08. The molecule has 110 valence electrons. The van der Waals surface area contributed by atoms with Crippen LogP contribution in [0.15, 0.2) is 48.5 Å². The summed E-state index contributed by atoms with van der Waals surface area (Å²) >= 11 is 5.96. The number of rotatable bonds is 5. The number of aryl methyl sites for hydroxylation is 1. The van der Waals surface area contributed by atoms with E-state index in [-0.39, 0.29) is 5.91 Å². The molecule has 0 saturated carbocycles. The van der Waals surface area contributed by atoms with Crippen LogP contribution in [0.5, 0.6) is 0 Å². The highest BCUT2D eigenvalue weighted by Crippen LogP contribution is 2.14. The molecule has 3 nitrogen and oxygen atoms in total. The first-order valence-corrected chi connectivity index (χ1v) is 7.21. The predicted octanol–water partition coefficient (Wildman–Crippen LogP) is 3.72. The standard InChI is InChI=1S/C17H19ClN2O/c1-13-6-3-4-9-16(13)19-17(21)12-20(2)11-14-7-5-8-15(18)10-14/h3-10H,11-12H2,1-2H3,(H,19,21). The van der Waals surface area contributed by atoms with Crippen LogP contribution >= 0.6 is 11.6 Å². The minimum atomic E-state index is -0.0196. The maximum atomic E-state index is 12.1. The molecule has 0 spiro atoms. The molecule has 0 heterocycles. The van der Waals surface area contributed by atoms with Crippen LogP contribution in [0, 0.1) is 6.92 Å². The van der Waals surface area contributed by atoms with E-state index in [1.54, 1.807) is 0 Å². The lowest BCUT2D eigenvalue weighted by molar-refractivity contribution is -0.117. The summed E-state index contributed by atoms with van der Waals surface area (Å²) in [5.74, 6) is -0.0196. The molecule has 1 N–H and O–H groups in total. The maximum absolute atomic E-state index is 12.1. The number of hydrogen-bond donors (Lipinski definition) is 1. The van der Waals surface area contributed by atoms with Gasteiger partial charge >= 0.3 is 0 Å². The zero-order valence-corrected chi connectivity index (χ0v) is 13.0. The van der Waals surface area contributed by atoms with Gasteiger partial charge in [0.25, 0.3) is 0 Å². The van der Waals surface area contributed by atoms with Gasteiger partial charge in [0, 0.05) is 17.3 Å². The first kappa shape index (κ1) is 15.5. The molecule has 21 heavy (non-hydrogen) atoms. The number of hydrogen-bond acceptors (Lipinski definition) is 2. The van der Waals surface area contributed by atoms with E-state index >= 15 is 0 Å². The third-order valence-corrected chi connectivity index (χ3v) is 3.41. The van der Waals surface area contributed by atoms with Crippen LogP contribution in [0.1, 0.15) is 11.1 Å². The van der Waals surface area contributed by atoms with E-state index in [1.807, 2.05) is 67.4 Å². The number of halogens is 1. The smallest absolute Gasteiger partial charge is 0.238 e. The van der Waals surface area contributed by atoms with E-state index in [2.05, 4.69) is 5.32 Å². The van der Waals surface area contributed by atoms with Gasteiger partial charge in [0.05, 0.1) is 6.54 Å². The number of anilines is 1. The Morgan fingerprint density at radius 1 is 1.19 bits per heavy atom. The Bertz CT molecular complexity index is 628. The van der Waals surface area contributed by atoms with Crippen LogP contribution in [-0.2, 0) is 11.3 Å². The van der Waals surface area contributed by atoms with Gasteiger partial charge in [-0.15, -0.1) is 0 Å². The molecule has 0 bridgehead atoms. The molecule has 0 saturated heterocycles. The van der Waals surface area contributed by atoms with Crippen molar-refractivity contribution in [1.29, 1.82) is 0 Å². The van der Waals surface area contributed by atoms with Gasteiger partial charge in [-0.2, -0.15) is 0 Å². The number of carbonyl (C=O) groups is 1. The second kappa shape index (κ2) is 7.25. The molecule has 0 aromatic heterocycles. The molecule has 0 radical (unpaired) electrons. The highest BCUT2D eigenvalue weighted by atomic mass is 35.5. The predicted molar refractivity (Wildman–Crippen MR) is 87.6 cm³/mol. The fourth-order valence-electron chi connectivity index (χ4n) is 2.15. The van der Waals surface area contributed by atoms with Gasteiger partial charge in [-0.1, -0.05) is 41.9 Å². The van der Waals surface area contributed by atoms with Crippen LogP contribution in [0.25, 0.3) is 0 Å². The lowest BCUT2D eigenvalue weighted by Crippen LogP contribution is -2.30. The number of likely N-dealkylation sites (N-methyl/N-ethyl adjacent to an activating group) is 1. The summed E-state index contributed by atoms with van der Waals surface area (Å²) < 4.78 is 0. The molecule has 0 aliphatic carbocycles. The summed E-state index contributed by atoms with van der Waals surface area (Å²) in [5, 5.41) is 3.64. The van der Waals surface area contributed by atoms with Gasteiger partial charge in [0.2, 0.25) is 5.91 Å². The zero-order chi connectivity index (χ0) is 15.2. The molecular weight excluding hydrogens is 284 g/mol. The molecule has 2 rings (SSSR count). The molecule has 2 aromatic carbocycles. The average molecular weight is 303 g/mol. The largest absolute Gasteiger partial charge is 0.325 e. The van der Waals surface area contributed by atoms with Crippen LogP contribution in [-0.4, -0.2) is 24.4 Å². The number of benzene rings is 2. The molecular formula is C17H19ClN2O. The Morgan fingerprint density at radius 3 is 2.67 bits per heavy atom. The van der Waals surface area contributed by atoms with Crippen LogP contribution in [0.3, 0.4) is 0 Å². The first-order valence-electron chi connectivity index (χ1n) is 6.83. The molecule has 0 fully saturated rings. The molecule has 0 unspecified atom stereocenters. The summed E-state index contributed by atoms with van der Waals surface area (Å²) in [7, 11) is 1.92. The topological polar surface area (TPSA) is 32.3 Å². The van der Waals surface area contributed by atoms with Gasteiger partial charge in [-0.05, 0) is 43.3 Å². The van der Waals surface area contributed by atoms with Crippen molar-refractivity contribution in [3.8, 4) is 0 Å². The summed E-state index contributed by atoms with van der Waals surface area (Å²) in [6.07, 6.45) is 0. The summed E-state index contributed by atoms with van der Waals surface area (Å²) in [5.41, 5.74) is 3.01. The van der Waals surface area contributed by atoms with Crippen LogP contribution in [0.4, 0.5) is 5.69 Å². The van der Waals surface area contributed by atoms with Gasteiger partial charge in [-0.25, -0.2) is 0 Å². The number of nitrogens with zero attached hydrogens (tertiary/aromatic N) is 1. The van der Waals surface area contributed by atoms with Crippen LogP contribution in [0.2, 0.25) is 5.02 Å². The molecule has 4 heteroatoms. The maximum Gasteiger partial charge on any atom is 0.238 e. The molecule has 0 aliphatic heterocycles. The normalized spacial score (nSPS) is 10.7. The van der Waals surface area contributed by atoms with E-state index in [0.29, 0.717) is 18.1 Å². The molecule has 1 amide bonds. The number of nitrogens with one attached hydrogen (secondary N) is 1. The fourth-order valence-corrected chi connectivity index (χ4v) is 2.36. The van der Waals surface area contributed by atoms with Crippen molar-refractivity contribution in [1.82, 2.24) is 4.90 Å². The number of carbonyl (C=O) groups excluding carboxylic acids is 1. The summed E-state index contributed by atoms with van der Waals surface area (Å²) in [6, 6.07) is 15.4. The van der Waals surface area contributed by atoms with Crippen molar-refractivity contribution in [3.05, 3.63) is 64.7 Å². The van der Waals surface area contributed by atoms with Crippen molar-refractivity contribution in [2.75, 3.05) is 18.9 Å². The summed E-state index contributed by atoms with van der Waals surface area (Å²) in [4.78, 5) is 14.0. The molecule has 0 aliphatic rings. The Hall–Kier alpha value is -1.84. The lowest BCUT2D eigenvalue weighted by atomic mass is 10.2. The van der Waals surface area contributed by atoms with Gasteiger partial charge < -0.3 is 5.32 Å². The van der Waals surface area contributed by atoms with E-state index in [1.165, 1.54) is 0 Å². The van der Waals surface area contributed by atoms with E-state index in [4.69, 9.17) is 11.6 Å². The SMILES string of the molecule is Cc1ccccc1NC(=O)CN(C)Cc1cccc(Cl)c1. The molecule has 0 atom stereocenters. The quantitative estimate of drug-likeness (QED) is 0.913. The monoisotopic (exact) mass is 302 g/mol. The Morgan fingerprint density at radius 2 is 1.95 bits per heavy atom. The Kier molecular flexibility index (Phi) is 5.37. The summed E-state index contributed by atoms with van der Waals surface area (Å²) in [6.45, 7) is 2.99. The number of para-hydroxylation sites is 1. The minimum Gasteiger partial charge on any atom is -0.325 e. The fraction of sp³-hybridized carbons (Fsp3) is 0.235. The van der Waals surface area contributed by atoms with Crippen LogP contribution < -0.4 is 5.32 Å². The van der Waals surface area contributed by atoms with Crippen molar-refractivity contribution in [2.45, 2.75) is 13.5 Å². The first-order chi connectivity index (χ1) is 10.0. The zero-order valence-electron chi connectivity index (χ0n) is 12.3. The van der Waals surface area contributed by atoms with Crippen molar-refractivity contribution in [2.24, 2.45) is 0 Å². The van der Waals surface area contributed by atoms with Crippen molar-refractivity contribution < 1.29 is 4.79 Å². The third-order valence-electron chi connectivity index (χ3n) is 3.17. The van der Waals surface area contributed by atoms with E-state index < -0.39 is 0 Å². The second-order valence-corrected chi connectivity index (χ2v) is 5.60. The lowest BCUT2D eigenvalue weighted by Gasteiger charge is -2.17. The Balaban J connectivity index is 1.89. The van der Waals surface area contributed by atoms with Crippen molar-refractivity contribution in [3.63, 3.8) is 0 Å². The van der Waals surface area contributed by atoms with Crippen molar-refractivity contribution >= 4 is 23.2 Å². The van der Waals surface area contributed by atoms with Gasteiger partial charge in [-0.3, -0.25) is 9.69 Å². The average Bonchev–Trinajstić information content (AvgIpc) is 2.41.